The molecule has 6 heteroatoms. The summed E-state index contributed by atoms with van der Waals surface area (Å²) in [6.07, 6.45) is 3.04. The molecule has 1 unspecified atom stereocenters. The van der Waals surface area contributed by atoms with Gasteiger partial charge in [-0.1, -0.05) is 18.2 Å². The number of para-hydroxylation sites is 1. The van der Waals surface area contributed by atoms with Gasteiger partial charge in [0, 0.05) is 18.7 Å². The van der Waals surface area contributed by atoms with Crippen LogP contribution in [0.2, 0.25) is 0 Å². The number of hydrogen-bond acceptors (Lipinski definition) is 5. The number of amides is 1. The zero-order valence-corrected chi connectivity index (χ0v) is 13.6. The normalized spacial score (nSPS) is 16.6. The molecule has 2 N–H and O–H groups in total. The number of methoxy groups -OCH3 is 1. The van der Waals surface area contributed by atoms with E-state index in [9.17, 15) is 4.79 Å². The maximum atomic E-state index is 12.0. The van der Waals surface area contributed by atoms with Crippen molar-refractivity contribution in [2.24, 2.45) is 0 Å². The lowest BCUT2D eigenvalue weighted by Gasteiger charge is -2.12. The van der Waals surface area contributed by atoms with Crippen molar-refractivity contribution in [3.05, 3.63) is 48.2 Å². The minimum atomic E-state index is -0.352. The summed E-state index contributed by atoms with van der Waals surface area (Å²) >= 11 is 0. The van der Waals surface area contributed by atoms with Crippen LogP contribution in [0.5, 0.6) is 5.75 Å². The van der Waals surface area contributed by atoms with Crippen LogP contribution in [0.15, 0.2) is 42.6 Å². The van der Waals surface area contributed by atoms with Crippen molar-refractivity contribution in [2.75, 3.05) is 24.4 Å². The number of pyridine rings is 1. The van der Waals surface area contributed by atoms with E-state index in [0.29, 0.717) is 19.0 Å². The highest BCUT2D eigenvalue weighted by Crippen LogP contribution is 2.19. The van der Waals surface area contributed by atoms with E-state index in [4.69, 9.17) is 9.47 Å². The molecule has 0 aliphatic carbocycles. The van der Waals surface area contributed by atoms with Gasteiger partial charge >= 0.3 is 0 Å². The van der Waals surface area contributed by atoms with Gasteiger partial charge in [-0.15, -0.1) is 0 Å². The van der Waals surface area contributed by atoms with Gasteiger partial charge in [-0.25, -0.2) is 4.98 Å². The predicted molar refractivity (Wildman–Crippen MR) is 92.2 cm³/mol. The summed E-state index contributed by atoms with van der Waals surface area (Å²) in [5.74, 6) is 1.24. The molecule has 1 saturated heterocycles. The molecule has 1 aliphatic rings. The first-order valence-electron chi connectivity index (χ1n) is 8.00. The summed E-state index contributed by atoms with van der Waals surface area (Å²) in [4.78, 5) is 16.2. The summed E-state index contributed by atoms with van der Waals surface area (Å²) in [6.45, 7) is 1.28. The Morgan fingerprint density at radius 2 is 2.21 bits per heavy atom. The van der Waals surface area contributed by atoms with E-state index in [2.05, 4.69) is 15.6 Å². The first-order chi connectivity index (χ1) is 11.8. The topological polar surface area (TPSA) is 72.5 Å². The average Bonchev–Trinajstić information content (AvgIpc) is 3.16. The van der Waals surface area contributed by atoms with E-state index in [0.717, 1.165) is 29.8 Å². The number of anilines is 2. The molecule has 0 radical (unpaired) electrons. The fraction of sp³-hybridized carbons (Fsp3) is 0.333. The zero-order valence-electron chi connectivity index (χ0n) is 13.6. The van der Waals surface area contributed by atoms with Crippen molar-refractivity contribution < 1.29 is 14.3 Å². The summed E-state index contributed by atoms with van der Waals surface area (Å²) in [6, 6.07) is 11.5. The third-order valence-electron chi connectivity index (χ3n) is 3.91. The number of carbonyl (C=O) groups is 1. The molecule has 1 fully saturated rings. The van der Waals surface area contributed by atoms with Crippen molar-refractivity contribution in [1.29, 1.82) is 0 Å². The van der Waals surface area contributed by atoms with Gasteiger partial charge in [-0.05, 0) is 31.0 Å². The quantitative estimate of drug-likeness (QED) is 0.853. The smallest absolute Gasteiger partial charge is 0.254 e. The second-order valence-electron chi connectivity index (χ2n) is 5.59. The Balaban J connectivity index is 1.55. The van der Waals surface area contributed by atoms with Crippen LogP contribution in [-0.4, -0.2) is 30.7 Å². The predicted octanol–water partition coefficient (Wildman–Crippen LogP) is 2.82. The van der Waals surface area contributed by atoms with Crippen molar-refractivity contribution in [3.63, 3.8) is 0 Å². The molecular formula is C18H21N3O3. The zero-order chi connectivity index (χ0) is 16.8. The van der Waals surface area contributed by atoms with E-state index >= 15 is 0 Å². The monoisotopic (exact) mass is 327 g/mol. The van der Waals surface area contributed by atoms with Crippen molar-refractivity contribution in [3.8, 4) is 5.75 Å². The summed E-state index contributed by atoms with van der Waals surface area (Å²) in [7, 11) is 1.66. The summed E-state index contributed by atoms with van der Waals surface area (Å²) < 4.78 is 10.7. The molecule has 0 bridgehead atoms. The Bertz CT molecular complexity index is 682. The molecular weight excluding hydrogens is 306 g/mol. The summed E-state index contributed by atoms with van der Waals surface area (Å²) in [5, 5.41) is 6.07. The molecule has 1 aromatic carbocycles. The fourth-order valence-corrected chi connectivity index (χ4v) is 2.61. The Morgan fingerprint density at radius 3 is 2.92 bits per heavy atom. The maximum absolute atomic E-state index is 12.0. The van der Waals surface area contributed by atoms with Crippen molar-refractivity contribution >= 4 is 17.4 Å². The molecule has 126 valence electrons. The first-order valence-corrected chi connectivity index (χ1v) is 8.00. The number of hydrogen-bond donors (Lipinski definition) is 2. The molecule has 1 atom stereocenters. The lowest BCUT2D eigenvalue weighted by molar-refractivity contribution is -0.124. The molecule has 0 spiro atoms. The van der Waals surface area contributed by atoms with Crippen LogP contribution in [0.1, 0.15) is 18.4 Å². The van der Waals surface area contributed by atoms with Crippen LogP contribution in [0.25, 0.3) is 0 Å². The Hall–Kier alpha value is -2.60. The van der Waals surface area contributed by atoms with Gasteiger partial charge in [0.25, 0.3) is 5.91 Å². The fourth-order valence-electron chi connectivity index (χ4n) is 2.61. The second-order valence-corrected chi connectivity index (χ2v) is 5.59. The van der Waals surface area contributed by atoms with E-state index in [1.807, 2.05) is 30.3 Å². The van der Waals surface area contributed by atoms with Gasteiger partial charge < -0.3 is 20.1 Å². The highest BCUT2D eigenvalue weighted by Gasteiger charge is 2.23. The van der Waals surface area contributed by atoms with Crippen LogP contribution < -0.4 is 15.4 Å². The third kappa shape index (κ3) is 4.02. The largest absolute Gasteiger partial charge is 0.496 e. The van der Waals surface area contributed by atoms with Gasteiger partial charge in [0.1, 0.15) is 17.7 Å². The Kier molecular flexibility index (Phi) is 5.28. The molecule has 2 aromatic rings. The second kappa shape index (κ2) is 7.79. The number of benzene rings is 1. The number of nitrogens with one attached hydrogen (secondary N) is 2. The molecule has 2 heterocycles. The Labute approximate surface area is 141 Å². The lowest BCUT2D eigenvalue weighted by Crippen LogP contribution is -2.27. The van der Waals surface area contributed by atoms with Crippen LogP contribution in [-0.2, 0) is 16.1 Å². The third-order valence-corrected chi connectivity index (χ3v) is 3.91. The standard InChI is InChI=1S/C18H21N3O3/c1-23-15-6-3-2-5-13(15)11-19-14-8-9-17(20-12-14)21-18(22)16-7-4-10-24-16/h2-3,5-6,8-9,12,16,19H,4,7,10-11H2,1H3,(H,20,21,22). The summed E-state index contributed by atoms with van der Waals surface area (Å²) in [5.41, 5.74) is 1.94. The Morgan fingerprint density at radius 1 is 1.33 bits per heavy atom. The molecule has 1 aromatic heterocycles. The van der Waals surface area contributed by atoms with Crippen LogP contribution in [0.4, 0.5) is 11.5 Å². The van der Waals surface area contributed by atoms with Crippen molar-refractivity contribution in [2.45, 2.75) is 25.5 Å². The molecule has 6 nitrogen and oxygen atoms in total. The first kappa shape index (κ1) is 16.3. The highest BCUT2D eigenvalue weighted by molar-refractivity contribution is 5.93. The number of ether oxygens (including phenoxy) is 2. The van der Waals surface area contributed by atoms with Gasteiger partial charge in [0.05, 0.1) is 19.0 Å². The van der Waals surface area contributed by atoms with E-state index in [1.165, 1.54) is 0 Å². The SMILES string of the molecule is COc1ccccc1CNc1ccc(NC(=O)C2CCCO2)nc1. The van der Waals surface area contributed by atoms with Crippen molar-refractivity contribution in [1.82, 2.24) is 4.98 Å². The molecule has 0 saturated carbocycles. The molecule has 3 rings (SSSR count). The maximum Gasteiger partial charge on any atom is 0.254 e. The number of rotatable bonds is 6. The molecule has 1 amide bonds. The van der Waals surface area contributed by atoms with E-state index in [1.54, 1.807) is 19.4 Å². The highest BCUT2D eigenvalue weighted by atomic mass is 16.5. The van der Waals surface area contributed by atoms with Gasteiger partial charge in [0.2, 0.25) is 0 Å². The van der Waals surface area contributed by atoms with Gasteiger partial charge in [-0.3, -0.25) is 4.79 Å². The van der Waals surface area contributed by atoms with Gasteiger partial charge in [-0.2, -0.15) is 0 Å². The number of nitrogens with zero attached hydrogens (tertiary/aromatic N) is 1. The number of aromatic nitrogens is 1. The van der Waals surface area contributed by atoms with Crippen LogP contribution in [0.3, 0.4) is 0 Å². The number of carbonyl (C=O) groups excluding carboxylic acids is 1. The minimum absolute atomic E-state index is 0.130. The van der Waals surface area contributed by atoms with Gasteiger partial charge in [0.15, 0.2) is 0 Å². The minimum Gasteiger partial charge on any atom is -0.496 e. The molecule has 1 aliphatic heterocycles. The van der Waals surface area contributed by atoms with E-state index in [-0.39, 0.29) is 12.0 Å². The van der Waals surface area contributed by atoms with Crippen LogP contribution >= 0.6 is 0 Å². The van der Waals surface area contributed by atoms with E-state index < -0.39 is 0 Å². The van der Waals surface area contributed by atoms with Crippen LogP contribution in [0, 0.1) is 0 Å². The molecule has 24 heavy (non-hydrogen) atoms. The lowest BCUT2D eigenvalue weighted by atomic mass is 10.2. The average molecular weight is 327 g/mol.